The van der Waals surface area contributed by atoms with Crippen LogP contribution in [0, 0.1) is 0 Å². The van der Waals surface area contributed by atoms with E-state index < -0.39 is 17.9 Å². The number of hydrogen-bond acceptors (Lipinski definition) is 6. The van der Waals surface area contributed by atoms with Gasteiger partial charge in [-0.2, -0.15) is 16.7 Å². The first-order chi connectivity index (χ1) is 10.2. The van der Waals surface area contributed by atoms with Crippen molar-refractivity contribution in [3.8, 4) is 5.75 Å². The summed E-state index contributed by atoms with van der Waals surface area (Å²) in [5.74, 6) is 0.750. The zero-order valence-corrected chi connectivity index (χ0v) is 14.1. The average molecular weight is 350 g/mol. The molecule has 0 amide bonds. The van der Waals surface area contributed by atoms with Crippen molar-refractivity contribution in [3.05, 3.63) is 24.3 Å². The first-order valence-corrected chi connectivity index (χ1v) is 10.0. The van der Waals surface area contributed by atoms with Crippen LogP contribution in [-0.4, -0.2) is 57.6 Å². The molecule has 0 aliphatic carbocycles. The van der Waals surface area contributed by atoms with Crippen LogP contribution >= 0.6 is 7.60 Å². The van der Waals surface area contributed by atoms with Gasteiger partial charge in [-0.25, -0.2) is 0 Å². The molecule has 1 aromatic carbocycles. The van der Waals surface area contributed by atoms with Gasteiger partial charge in [0, 0.05) is 38.5 Å². The Kier molecular flexibility index (Phi) is 5.14. The molecule has 0 bridgehead atoms. The van der Waals surface area contributed by atoms with Gasteiger partial charge in [-0.05, 0) is 24.3 Å². The van der Waals surface area contributed by atoms with Crippen LogP contribution in [0.1, 0.15) is 0 Å². The molecule has 1 unspecified atom stereocenters. The Hall–Kier alpha value is -1.12. The van der Waals surface area contributed by atoms with E-state index >= 15 is 0 Å². The molecule has 0 spiro atoms. The van der Waals surface area contributed by atoms with Gasteiger partial charge in [-0.15, -0.1) is 0 Å². The molecule has 22 heavy (non-hydrogen) atoms. The summed E-state index contributed by atoms with van der Waals surface area (Å²) in [4.78, 5) is 11.1. The molecule has 124 valence electrons. The minimum absolute atomic E-state index is 0.189. The first-order valence-electron chi connectivity index (χ1n) is 6.62. The number of hydrogen-bond donors (Lipinski definition) is 1. The molecule has 8 nitrogen and oxygen atoms in total. The summed E-state index contributed by atoms with van der Waals surface area (Å²) in [6.45, 7) is 2.16. The van der Waals surface area contributed by atoms with Crippen molar-refractivity contribution in [3.63, 3.8) is 0 Å². The summed E-state index contributed by atoms with van der Waals surface area (Å²) < 4.78 is 45.3. The number of ether oxygens (including phenoxy) is 1. The third-order valence-corrected chi connectivity index (χ3v) is 6.08. The van der Waals surface area contributed by atoms with E-state index in [4.69, 9.17) is 9.63 Å². The lowest BCUT2D eigenvalue weighted by Crippen LogP contribution is -2.48. The maximum Gasteiger partial charge on any atom is 0.345 e. The van der Waals surface area contributed by atoms with Gasteiger partial charge in [-0.1, -0.05) is 0 Å². The zero-order valence-electron chi connectivity index (χ0n) is 12.4. The lowest BCUT2D eigenvalue weighted by Gasteiger charge is -2.34. The molecule has 10 heteroatoms. The van der Waals surface area contributed by atoms with Crippen molar-refractivity contribution in [2.45, 2.75) is 0 Å². The lowest BCUT2D eigenvalue weighted by molar-refractivity contribution is 0.319. The monoisotopic (exact) mass is 350 g/mol. The molecule has 2 rings (SSSR count). The summed E-state index contributed by atoms with van der Waals surface area (Å²) in [6.07, 6.45) is 0. The minimum Gasteiger partial charge on any atom is -0.497 e. The van der Waals surface area contributed by atoms with Gasteiger partial charge in [0.15, 0.2) is 0 Å². The van der Waals surface area contributed by atoms with Crippen LogP contribution in [-0.2, 0) is 18.8 Å². The molecule has 1 heterocycles. The molecule has 1 atom stereocenters. The van der Waals surface area contributed by atoms with Crippen molar-refractivity contribution >= 4 is 23.6 Å². The predicted octanol–water partition coefficient (Wildman–Crippen LogP) is 0.894. The minimum atomic E-state index is -4.18. The number of methoxy groups -OCH3 is 1. The van der Waals surface area contributed by atoms with E-state index in [1.807, 2.05) is 29.2 Å². The van der Waals surface area contributed by atoms with Gasteiger partial charge in [0.1, 0.15) is 5.75 Å². The molecular weight excluding hydrogens is 331 g/mol. The standard InChI is InChI=1S/C12H19N2O6PS/c1-19-12-5-3-11(4-6-12)13-7-9-14(10-8-13)22(17,18)20-21(2,15)16/h3-6H,7-10H2,1-2H3,(H,15,16). The lowest BCUT2D eigenvalue weighted by atomic mass is 10.2. The molecule has 1 aromatic rings. The molecule has 1 aliphatic heterocycles. The van der Waals surface area contributed by atoms with Crippen molar-refractivity contribution in [1.29, 1.82) is 0 Å². The number of anilines is 1. The maximum atomic E-state index is 11.9. The largest absolute Gasteiger partial charge is 0.497 e. The third-order valence-electron chi connectivity index (χ3n) is 3.22. The Morgan fingerprint density at radius 3 is 2.14 bits per heavy atom. The molecule has 1 saturated heterocycles. The smallest absolute Gasteiger partial charge is 0.345 e. The third kappa shape index (κ3) is 4.44. The fourth-order valence-electron chi connectivity index (χ4n) is 2.18. The fraction of sp³-hybridized carbons (Fsp3) is 0.500. The zero-order chi connectivity index (χ0) is 16.4. The van der Waals surface area contributed by atoms with Crippen LogP contribution in [0.25, 0.3) is 0 Å². The topological polar surface area (TPSA) is 96.4 Å². The summed E-state index contributed by atoms with van der Waals surface area (Å²) in [5.41, 5.74) is 0.960. The number of benzene rings is 1. The van der Waals surface area contributed by atoms with Gasteiger partial charge in [0.25, 0.3) is 0 Å². The summed E-state index contributed by atoms with van der Waals surface area (Å²) >= 11 is 0. The molecule has 1 fully saturated rings. The van der Waals surface area contributed by atoms with Crippen LogP contribution in [0.5, 0.6) is 5.75 Å². The van der Waals surface area contributed by atoms with Crippen LogP contribution in [0.3, 0.4) is 0 Å². The molecule has 0 radical (unpaired) electrons. The maximum absolute atomic E-state index is 11.9. The summed E-state index contributed by atoms with van der Waals surface area (Å²) in [6, 6.07) is 7.46. The highest BCUT2D eigenvalue weighted by atomic mass is 32.2. The van der Waals surface area contributed by atoms with Crippen molar-refractivity contribution < 1.29 is 26.6 Å². The second-order valence-corrected chi connectivity index (χ2v) is 8.49. The predicted molar refractivity (Wildman–Crippen MR) is 82.5 cm³/mol. The second-order valence-electron chi connectivity index (χ2n) is 4.92. The van der Waals surface area contributed by atoms with E-state index in [1.54, 1.807) is 7.11 Å². The van der Waals surface area contributed by atoms with E-state index in [1.165, 1.54) is 0 Å². The Labute approximate surface area is 130 Å². The Balaban J connectivity index is 1.99. The van der Waals surface area contributed by atoms with Gasteiger partial charge in [0.2, 0.25) is 0 Å². The van der Waals surface area contributed by atoms with Gasteiger partial charge in [-0.3, -0.25) is 4.57 Å². The average Bonchev–Trinajstić information content (AvgIpc) is 2.45. The van der Waals surface area contributed by atoms with E-state index in [2.05, 4.69) is 3.97 Å². The van der Waals surface area contributed by atoms with Gasteiger partial charge in [0.05, 0.1) is 7.11 Å². The SMILES string of the molecule is COc1ccc(N2CCN(S(=O)(=O)OP(C)(=O)O)CC2)cc1. The van der Waals surface area contributed by atoms with E-state index in [0.717, 1.165) is 22.4 Å². The summed E-state index contributed by atoms with van der Waals surface area (Å²) in [5, 5.41) is 0. The highest BCUT2D eigenvalue weighted by Gasteiger charge is 2.32. The van der Waals surface area contributed by atoms with Crippen LogP contribution in [0.4, 0.5) is 5.69 Å². The Morgan fingerprint density at radius 1 is 1.14 bits per heavy atom. The molecular formula is C12H19N2O6PS. The number of rotatable bonds is 5. The highest BCUT2D eigenvalue weighted by Crippen LogP contribution is 2.39. The normalized spacial score (nSPS) is 19.7. The fourth-order valence-corrected chi connectivity index (χ4v) is 4.57. The van der Waals surface area contributed by atoms with E-state index in [9.17, 15) is 13.0 Å². The second kappa shape index (κ2) is 6.55. The highest BCUT2D eigenvalue weighted by molar-refractivity contribution is 7.88. The van der Waals surface area contributed by atoms with E-state index in [0.29, 0.717) is 13.1 Å². The first kappa shape index (κ1) is 17.2. The Bertz CT molecular complexity index is 649. The quantitative estimate of drug-likeness (QED) is 0.788. The summed E-state index contributed by atoms with van der Waals surface area (Å²) in [7, 11) is -6.69. The molecule has 1 N–H and O–H groups in total. The van der Waals surface area contributed by atoms with Crippen molar-refractivity contribution in [2.75, 3.05) is 44.9 Å². The van der Waals surface area contributed by atoms with Crippen LogP contribution in [0.15, 0.2) is 24.3 Å². The van der Waals surface area contributed by atoms with Gasteiger partial charge >= 0.3 is 17.9 Å². The van der Waals surface area contributed by atoms with Crippen LogP contribution < -0.4 is 9.64 Å². The van der Waals surface area contributed by atoms with Crippen molar-refractivity contribution in [2.24, 2.45) is 0 Å². The van der Waals surface area contributed by atoms with E-state index in [-0.39, 0.29) is 13.1 Å². The van der Waals surface area contributed by atoms with Crippen molar-refractivity contribution in [1.82, 2.24) is 4.31 Å². The Morgan fingerprint density at radius 2 is 1.68 bits per heavy atom. The van der Waals surface area contributed by atoms with Gasteiger partial charge < -0.3 is 14.5 Å². The molecule has 0 aromatic heterocycles. The number of nitrogens with zero attached hydrogens (tertiary/aromatic N) is 2. The molecule has 1 aliphatic rings. The number of piperazine rings is 1. The molecule has 0 saturated carbocycles. The van der Waals surface area contributed by atoms with Crippen LogP contribution in [0.2, 0.25) is 0 Å².